The van der Waals surface area contributed by atoms with Crippen LogP contribution < -0.4 is 10.1 Å². The van der Waals surface area contributed by atoms with E-state index in [4.69, 9.17) is 16.3 Å². The van der Waals surface area contributed by atoms with Gasteiger partial charge in [-0.15, -0.1) is 0 Å². The number of amides is 1. The summed E-state index contributed by atoms with van der Waals surface area (Å²) < 4.78 is 30.4. The maximum absolute atomic E-state index is 12.2. The number of rotatable bonds is 5. The molecule has 1 aromatic heterocycles. The van der Waals surface area contributed by atoms with Crippen LogP contribution in [0, 0.1) is 0 Å². The third-order valence-corrected chi connectivity index (χ3v) is 6.41. The summed E-state index contributed by atoms with van der Waals surface area (Å²) in [5.74, 6) is -0.816. The van der Waals surface area contributed by atoms with Crippen molar-refractivity contribution in [3.8, 4) is 5.75 Å². The van der Waals surface area contributed by atoms with Crippen LogP contribution in [0.1, 0.15) is 0 Å². The van der Waals surface area contributed by atoms with Crippen molar-refractivity contribution in [1.82, 2.24) is 4.98 Å². The Morgan fingerprint density at radius 3 is 2.64 bits per heavy atom. The molecule has 3 aromatic rings. The molecular weight excluding hydrogens is 384 g/mol. The van der Waals surface area contributed by atoms with E-state index in [9.17, 15) is 13.2 Å². The second kappa shape index (κ2) is 6.99. The van der Waals surface area contributed by atoms with E-state index in [1.54, 1.807) is 30.3 Å². The zero-order valence-corrected chi connectivity index (χ0v) is 15.4. The van der Waals surface area contributed by atoms with E-state index in [2.05, 4.69) is 10.3 Å². The zero-order valence-electron chi connectivity index (χ0n) is 13.0. The minimum Gasteiger partial charge on any atom is -0.494 e. The van der Waals surface area contributed by atoms with Gasteiger partial charge in [-0.1, -0.05) is 41.1 Å². The molecule has 1 N–H and O–H groups in total. The summed E-state index contributed by atoms with van der Waals surface area (Å²) in [4.78, 5) is 16.5. The number of carbonyl (C=O) groups is 1. The Kier molecular flexibility index (Phi) is 4.94. The monoisotopic (exact) mass is 396 g/mol. The maximum atomic E-state index is 12.2. The molecule has 0 aliphatic heterocycles. The molecule has 0 aliphatic rings. The number of halogens is 1. The second-order valence-electron chi connectivity index (χ2n) is 5.07. The minimum absolute atomic E-state index is 0.0964. The van der Waals surface area contributed by atoms with Gasteiger partial charge in [-0.2, -0.15) is 0 Å². The third-order valence-electron chi connectivity index (χ3n) is 3.35. The molecule has 0 unspecified atom stereocenters. The van der Waals surface area contributed by atoms with E-state index in [1.807, 2.05) is 0 Å². The SMILES string of the molecule is COc1ccc(Cl)c2sc(NC(=O)CS(=O)(=O)c3ccccc3)nc12. The van der Waals surface area contributed by atoms with Crippen LogP contribution in [0.15, 0.2) is 47.4 Å². The topological polar surface area (TPSA) is 85.4 Å². The molecule has 1 heterocycles. The van der Waals surface area contributed by atoms with Crippen molar-refractivity contribution >= 4 is 54.0 Å². The summed E-state index contributed by atoms with van der Waals surface area (Å²) in [6.07, 6.45) is 0. The van der Waals surface area contributed by atoms with Crippen LogP contribution in [0.3, 0.4) is 0 Å². The van der Waals surface area contributed by atoms with Crippen LogP contribution in [0.2, 0.25) is 5.02 Å². The highest BCUT2D eigenvalue weighted by Gasteiger charge is 2.20. The number of fused-ring (bicyclic) bond motifs is 1. The van der Waals surface area contributed by atoms with Crippen LogP contribution in [0.4, 0.5) is 5.13 Å². The Hall–Kier alpha value is -2.16. The Morgan fingerprint density at radius 2 is 1.96 bits per heavy atom. The van der Waals surface area contributed by atoms with Crippen molar-refractivity contribution in [2.45, 2.75) is 4.90 Å². The molecular formula is C16H13ClN2O4S2. The highest BCUT2D eigenvalue weighted by atomic mass is 35.5. The van der Waals surface area contributed by atoms with Crippen LogP contribution in [-0.4, -0.2) is 32.2 Å². The number of ether oxygens (including phenoxy) is 1. The Morgan fingerprint density at radius 1 is 1.24 bits per heavy atom. The molecule has 0 aliphatic carbocycles. The fraction of sp³-hybridized carbons (Fsp3) is 0.125. The molecule has 0 saturated carbocycles. The molecule has 1 amide bonds. The lowest BCUT2D eigenvalue weighted by molar-refractivity contribution is -0.113. The molecule has 2 aromatic carbocycles. The molecule has 0 radical (unpaired) electrons. The highest BCUT2D eigenvalue weighted by Crippen LogP contribution is 2.37. The van der Waals surface area contributed by atoms with Gasteiger partial charge in [0.25, 0.3) is 0 Å². The Bertz CT molecular complexity index is 1030. The summed E-state index contributed by atoms with van der Waals surface area (Å²) in [5.41, 5.74) is 0.515. The van der Waals surface area contributed by atoms with E-state index in [0.29, 0.717) is 21.0 Å². The molecule has 3 rings (SSSR count). The first kappa shape index (κ1) is 17.7. The first-order chi connectivity index (χ1) is 11.9. The molecule has 25 heavy (non-hydrogen) atoms. The van der Waals surface area contributed by atoms with Gasteiger partial charge in [0.2, 0.25) is 5.91 Å². The molecule has 0 fully saturated rings. The smallest absolute Gasteiger partial charge is 0.241 e. The number of nitrogens with zero attached hydrogens (tertiary/aromatic N) is 1. The van der Waals surface area contributed by atoms with Gasteiger partial charge in [0.1, 0.15) is 17.0 Å². The number of thiazole rings is 1. The van der Waals surface area contributed by atoms with Gasteiger partial charge < -0.3 is 10.1 Å². The van der Waals surface area contributed by atoms with Gasteiger partial charge in [0.05, 0.1) is 21.7 Å². The van der Waals surface area contributed by atoms with Crippen molar-refractivity contribution in [2.24, 2.45) is 0 Å². The van der Waals surface area contributed by atoms with E-state index in [0.717, 1.165) is 11.3 Å². The first-order valence-electron chi connectivity index (χ1n) is 7.11. The molecule has 0 saturated heterocycles. The van der Waals surface area contributed by atoms with Gasteiger partial charge in [-0.05, 0) is 24.3 Å². The fourth-order valence-electron chi connectivity index (χ4n) is 2.21. The van der Waals surface area contributed by atoms with E-state index < -0.39 is 21.5 Å². The summed E-state index contributed by atoms with van der Waals surface area (Å²) >= 11 is 7.28. The number of hydrogen-bond donors (Lipinski definition) is 1. The number of nitrogens with one attached hydrogen (secondary N) is 1. The predicted molar refractivity (Wildman–Crippen MR) is 98.3 cm³/mol. The third kappa shape index (κ3) is 3.76. The van der Waals surface area contributed by atoms with Gasteiger partial charge >= 0.3 is 0 Å². The number of sulfone groups is 1. The first-order valence-corrected chi connectivity index (χ1v) is 9.96. The Balaban J connectivity index is 1.82. The van der Waals surface area contributed by atoms with Gasteiger partial charge in [-0.25, -0.2) is 13.4 Å². The summed E-state index contributed by atoms with van der Waals surface area (Å²) in [5, 5.41) is 3.25. The van der Waals surface area contributed by atoms with Crippen LogP contribution in [0.5, 0.6) is 5.75 Å². The molecule has 0 bridgehead atoms. The maximum Gasteiger partial charge on any atom is 0.241 e. The van der Waals surface area contributed by atoms with Crippen molar-refractivity contribution in [3.05, 3.63) is 47.5 Å². The summed E-state index contributed by atoms with van der Waals surface area (Å²) in [6.45, 7) is 0. The number of carbonyl (C=O) groups excluding carboxylic acids is 1. The van der Waals surface area contributed by atoms with E-state index in [-0.39, 0.29) is 10.0 Å². The highest BCUT2D eigenvalue weighted by molar-refractivity contribution is 7.92. The molecule has 130 valence electrons. The lowest BCUT2D eigenvalue weighted by Crippen LogP contribution is -2.22. The number of anilines is 1. The van der Waals surface area contributed by atoms with Crippen molar-refractivity contribution in [3.63, 3.8) is 0 Å². The molecule has 6 nitrogen and oxygen atoms in total. The lowest BCUT2D eigenvalue weighted by Gasteiger charge is -2.04. The van der Waals surface area contributed by atoms with Crippen LogP contribution in [-0.2, 0) is 14.6 Å². The largest absolute Gasteiger partial charge is 0.494 e. The van der Waals surface area contributed by atoms with Crippen LogP contribution in [0.25, 0.3) is 10.2 Å². The van der Waals surface area contributed by atoms with Gasteiger partial charge in [0, 0.05) is 0 Å². The summed E-state index contributed by atoms with van der Waals surface area (Å²) in [6, 6.07) is 11.2. The zero-order chi connectivity index (χ0) is 18.0. The van der Waals surface area contributed by atoms with Crippen LogP contribution >= 0.6 is 22.9 Å². The van der Waals surface area contributed by atoms with Crippen molar-refractivity contribution < 1.29 is 17.9 Å². The number of methoxy groups -OCH3 is 1. The average molecular weight is 397 g/mol. The quantitative estimate of drug-likeness (QED) is 0.714. The number of benzene rings is 2. The van der Waals surface area contributed by atoms with E-state index in [1.165, 1.54) is 19.2 Å². The van der Waals surface area contributed by atoms with Crippen molar-refractivity contribution in [2.75, 3.05) is 18.2 Å². The predicted octanol–water partition coefficient (Wildman–Crippen LogP) is 3.37. The van der Waals surface area contributed by atoms with Crippen molar-refractivity contribution in [1.29, 1.82) is 0 Å². The lowest BCUT2D eigenvalue weighted by atomic mass is 10.3. The summed E-state index contributed by atoms with van der Waals surface area (Å²) in [7, 11) is -2.21. The average Bonchev–Trinajstić information content (AvgIpc) is 3.00. The number of aromatic nitrogens is 1. The standard InChI is InChI=1S/C16H13ClN2O4S2/c1-23-12-8-7-11(17)15-14(12)19-16(24-15)18-13(20)9-25(21,22)10-5-3-2-4-6-10/h2-8H,9H2,1H3,(H,18,19,20). The molecule has 0 atom stereocenters. The van der Waals surface area contributed by atoms with Gasteiger partial charge in [-0.3, -0.25) is 4.79 Å². The van der Waals surface area contributed by atoms with Gasteiger partial charge in [0.15, 0.2) is 15.0 Å². The van der Waals surface area contributed by atoms with E-state index >= 15 is 0 Å². The Labute approximate surface area is 153 Å². The normalized spacial score (nSPS) is 11.4. The minimum atomic E-state index is -3.72. The number of hydrogen-bond acceptors (Lipinski definition) is 6. The molecule has 9 heteroatoms. The second-order valence-corrected chi connectivity index (χ2v) is 8.46. The molecule has 0 spiro atoms. The fourth-order valence-corrected chi connectivity index (χ4v) is 4.54.